The van der Waals surface area contributed by atoms with Gasteiger partial charge in [0.15, 0.2) is 12.2 Å². The smallest absolute Gasteiger partial charge is 0.462 e. The minimum absolute atomic E-state index is 0.107. The van der Waals surface area contributed by atoms with Gasteiger partial charge in [-0.15, -0.1) is 0 Å². The Balaban J connectivity index is 5.21. The number of esters is 4. The molecule has 0 saturated carbocycles. The summed E-state index contributed by atoms with van der Waals surface area (Å²) in [6.07, 6.45) is 68.1. The average Bonchev–Trinajstić information content (AvgIpc) is 0.991. The van der Waals surface area contributed by atoms with E-state index in [1.807, 2.05) is 0 Å². The Morgan fingerprint density at radius 3 is 0.667 bits per heavy atom. The van der Waals surface area contributed by atoms with Crippen LogP contribution in [0.1, 0.15) is 446 Å². The zero-order valence-electron chi connectivity index (χ0n) is 66.8. The lowest BCUT2D eigenvalue weighted by Crippen LogP contribution is -2.30. The highest BCUT2D eigenvalue weighted by Crippen LogP contribution is 2.45. The normalized spacial score (nSPS) is 13.8. The molecule has 0 aliphatic rings. The van der Waals surface area contributed by atoms with E-state index >= 15 is 0 Å². The maximum atomic E-state index is 13.1. The second-order valence-corrected chi connectivity index (χ2v) is 33.3. The molecule has 3 N–H and O–H groups in total. The number of carbonyl (C=O) groups is 4. The third kappa shape index (κ3) is 76.3. The summed E-state index contributed by atoms with van der Waals surface area (Å²) in [6, 6.07) is 0. The summed E-state index contributed by atoms with van der Waals surface area (Å²) >= 11 is 0. The summed E-state index contributed by atoms with van der Waals surface area (Å²) in [5, 5.41) is 10.6. The number of rotatable bonds is 83. The van der Waals surface area contributed by atoms with Crippen molar-refractivity contribution in [3.8, 4) is 0 Å². The van der Waals surface area contributed by atoms with Crippen molar-refractivity contribution in [1.82, 2.24) is 0 Å². The molecule has 0 amide bonds. The molecule has 0 radical (unpaired) electrons. The van der Waals surface area contributed by atoms with Gasteiger partial charge in [-0.1, -0.05) is 394 Å². The highest BCUT2D eigenvalue weighted by molar-refractivity contribution is 7.47. The number of phosphoric ester groups is 2. The molecule has 0 aromatic heterocycles. The Labute approximate surface area is 626 Å². The zero-order valence-corrected chi connectivity index (χ0v) is 68.5. The number of unbranched alkanes of at least 4 members (excludes halogenated alkanes) is 55. The molecule has 0 aromatic carbocycles. The summed E-state index contributed by atoms with van der Waals surface area (Å²) < 4.78 is 68.8. The number of phosphoric acid groups is 2. The largest absolute Gasteiger partial charge is 0.472 e. The van der Waals surface area contributed by atoms with Crippen LogP contribution in [0.2, 0.25) is 0 Å². The molecule has 0 aromatic rings. The first-order valence-electron chi connectivity index (χ1n) is 43.1. The van der Waals surface area contributed by atoms with E-state index in [1.54, 1.807) is 0 Å². The van der Waals surface area contributed by atoms with Crippen LogP contribution in [0.25, 0.3) is 0 Å². The molecule has 17 nitrogen and oxygen atoms in total. The topological polar surface area (TPSA) is 237 Å². The fourth-order valence-corrected chi connectivity index (χ4v) is 14.5. The summed E-state index contributed by atoms with van der Waals surface area (Å²) in [4.78, 5) is 73.1. The second-order valence-electron chi connectivity index (χ2n) is 30.3. The van der Waals surface area contributed by atoms with Gasteiger partial charge in [0.2, 0.25) is 0 Å². The van der Waals surface area contributed by atoms with E-state index in [1.165, 1.54) is 270 Å². The van der Waals surface area contributed by atoms with Crippen molar-refractivity contribution in [2.75, 3.05) is 39.6 Å². The minimum Gasteiger partial charge on any atom is -0.462 e. The van der Waals surface area contributed by atoms with Gasteiger partial charge in [-0.3, -0.25) is 37.3 Å². The van der Waals surface area contributed by atoms with Gasteiger partial charge in [0.05, 0.1) is 26.4 Å². The van der Waals surface area contributed by atoms with Crippen molar-refractivity contribution >= 4 is 39.5 Å². The number of hydrogen-bond acceptors (Lipinski definition) is 15. The summed E-state index contributed by atoms with van der Waals surface area (Å²) in [6.45, 7) is 7.34. The number of aliphatic hydroxyl groups excluding tert-OH is 1. The monoisotopic (exact) mass is 1490 g/mol. The molecule has 0 bridgehead atoms. The predicted molar refractivity (Wildman–Crippen MR) is 418 cm³/mol. The summed E-state index contributed by atoms with van der Waals surface area (Å²) in [5.41, 5.74) is 0. The van der Waals surface area contributed by atoms with E-state index in [4.69, 9.17) is 37.0 Å². The maximum absolute atomic E-state index is 13.1. The molecule has 0 aliphatic heterocycles. The molecule has 19 heteroatoms. The third-order valence-electron chi connectivity index (χ3n) is 19.5. The van der Waals surface area contributed by atoms with Crippen LogP contribution in [-0.4, -0.2) is 96.7 Å². The van der Waals surface area contributed by atoms with Gasteiger partial charge in [-0.2, -0.15) is 0 Å². The number of ether oxygens (including phenoxy) is 4. The molecule has 606 valence electrons. The van der Waals surface area contributed by atoms with Crippen molar-refractivity contribution in [2.45, 2.75) is 464 Å². The fraction of sp³-hybridized carbons (Fsp3) is 0.952. The molecule has 2 unspecified atom stereocenters. The quantitative estimate of drug-likeness (QED) is 0.0222. The summed E-state index contributed by atoms with van der Waals surface area (Å²) in [5.74, 6) is -1.33. The standard InChI is InChI=1S/C83H162O17P2/c1-6-9-12-15-18-21-23-25-27-29-31-33-35-37-42-47-52-57-62-67-81(86)94-73-79(100-82(87)68-63-58-53-48-43-38-36-34-32-30-28-26-24-22-19-16-13-10-7-2)75-98-102(91,92)96-71-77(84)70-95-101(89,90)97-74-78(72-93-80(85)66-61-56-51-45-20-17-14-11-8-3)99-83(88)69-64-59-54-49-44-40-39-41-46-50-55-60-65-76(4)5/h76-79,84H,6-75H2,1-5H3,(H,89,90)(H,91,92)/t77-,78+,79+/m0/s1. The Morgan fingerprint density at radius 2 is 0.451 bits per heavy atom. The highest BCUT2D eigenvalue weighted by atomic mass is 31.2. The second kappa shape index (κ2) is 75.9. The van der Waals surface area contributed by atoms with Crippen molar-refractivity contribution in [3.05, 3.63) is 0 Å². The van der Waals surface area contributed by atoms with E-state index in [2.05, 4.69) is 34.6 Å². The lowest BCUT2D eigenvalue weighted by molar-refractivity contribution is -0.161. The molecule has 5 atom stereocenters. The van der Waals surface area contributed by atoms with Crippen LogP contribution >= 0.6 is 15.6 Å². The van der Waals surface area contributed by atoms with Crippen LogP contribution in [0.3, 0.4) is 0 Å². The zero-order chi connectivity index (χ0) is 74.8. The van der Waals surface area contributed by atoms with E-state index in [0.29, 0.717) is 25.7 Å². The number of aliphatic hydroxyl groups is 1. The first kappa shape index (κ1) is 100. The Morgan fingerprint density at radius 1 is 0.265 bits per heavy atom. The van der Waals surface area contributed by atoms with Crippen molar-refractivity contribution in [1.29, 1.82) is 0 Å². The van der Waals surface area contributed by atoms with Gasteiger partial charge in [-0.05, 0) is 31.6 Å². The number of carbonyl (C=O) groups excluding carboxylic acids is 4. The van der Waals surface area contributed by atoms with Crippen LogP contribution in [-0.2, 0) is 65.4 Å². The molecular formula is C83H162O17P2. The van der Waals surface area contributed by atoms with Crippen LogP contribution in [0.15, 0.2) is 0 Å². The Bertz CT molecular complexity index is 1940. The van der Waals surface area contributed by atoms with Gasteiger partial charge in [0.25, 0.3) is 0 Å². The molecule has 0 heterocycles. The van der Waals surface area contributed by atoms with Gasteiger partial charge in [-0.25, -0.2) is 9.13 Å². The van der Waals surface area contributed by atoms with Crippen molar-refractivity contribution in [3.63, 3.8) is 0 Å². The average molecular weight is 1490 g/mol. The predicted octanol–water partition coefficient (Wildman–Crippen LogP) is 25.2. The van der Waals surface area contributed by atoms with Gasteiger partial charge in [0, 0.05) is 25.7 Å². The van der Waals surface area contributed by atoms with E-state index in [-0.39, 0.29) is 25.7 Å². The van der Waals surface area contributed by atoms with Crippen LogP contribution in [0.5, 0.6) is 0 Å². The van der Waals surface area contributed by atoms with E-state index in [0.717, 1.165) is 95.8 Å². The third-order valence-corrected chi connectivity index (χ3v) is 21.4. The van der Waals surface area contributed by atoms with Gasteiger partial charge < -0.3 is 33.8 Å². The van der Waals surface area contributed by atoms with Crippen LogP contribution < -0.4 is 0 Å². The van der Waals surface area contributed by atoms with E-state index < -0.39 is 97.5 Å². The molecule has 0 aliphatic carbocycles. The molecular weight excluding hydrogens is 1330 g/mol. The number of hydrogen-bond donors (Lipinski definition) is 3. The van der Waals surface area contributed by atoms with Crippen molar-refractivity contribution < 1.29 is 80.2 Å². The Hall–Kier alpha value is -1.94. The van der Waals surface area contributed by atoms with E-state index in [9.17, 15) is 43.2 Å². The fourth-order valence-electron chi connectivity index (χ4n) is 12.9. The van der Waals surface area contributed by atoms with Crippen LogP contribution in [0, 0.1) is 5.92 Å². The first-order chi connectivity index (χ1) is 49.5. The SMILES string of the molecule is CCCCCCCCCCCCCCCCCCCCCC(=O)OC[C@H](COP(=O)(O)OC[C@@H](O)COP(=O)(O)OC[C@@H](COC(=O)CCCCCCCCCCC)OC(=O)CCCCCCCCCCCCCCC(C)C)OC(=O)CCCCCCCCCCCCCCCCCCCCC. The molecule has 0 rings (SSSR count). The van der Waals surface area contributed by atoms with Crippen LogP contribution in [0.4, 0.5) is 0 Å². The highest BCUT2D eigenvalue weighted by Gasteiger charge is 2.30. The molecule has 102 heavy (non-hydrogen) atoms. The van der Waals surface area contributed by atoms with Gasteiger partial charge >= 0.3 is 39.5 Å². The lowest BCUT2D eigenvalue weighted by atomic mass is 10.0. The first-order valence-corrected chi connectivity index (χ1v) is 46.1. The Kier molecular flexibility index (Phi) is 74.4. The minimum atomic E-state index is -4.96. The van der Waals surface area contributed by atoms with Gasteiger partial charge in [0.1, 0.15) is 19.3 Å². The summed E-state index contributed by atoms with van der Waals surface area (Å²) in [7, 11) is -9.92. The maximum Gasteiger partial charge on any atom is 0.472 e. The van der Waals surface area contributed by atoms with Crippen molar-refractivity contribution in [2.24, 2.45) is 5.92 Å². The molecule has 0 fully saturated rings. The molecule has 0 spiro atoms. The lowest BCUT2D eigenvalue weighted by Gasteiger charge is -2.21. The molecule has 0 saturated heterocycles.